The first-order valence-electron chi connectivity index (χ1n) is 7.31. The summed E-state index contributed by atoms with van der Waals surface area (Å²) in [5.41, 5.74) is 2.63. The molecule has 1 amide bonds. The number of amides is 1. The molecule has 0 saturated carbocycles. The molecule has 0 aromatic carbocycles. The third-order valence-electron chi connectivity index (χ3n) is 3.99. The van der Waals surface area contributed by atoms with Crippen LogP contribution in [0.5, 0.6) is 0 Å². The van der Waals surface area contributed by atoms with E-state index in [0.29, 0.717) is 11.5 Å². The van der Waals surface area contributed by atoms with Crippen LogP contribution in [0.15, 0.2) is 15.1 Å². The third kappa shape index (κ3) is 2.34. The predicted octanol–water partition coefficient (Wildman–Crippen LogP) is 2.82. The minimum Gasteiger partial charge on any atom is -0.361 e. The molecule has 3 rings (SSSR count). The lowest BCUT2D eigenvalue weighted by Crippen LogP contribution is -2.30. The smallest absolute Gasteiger partial charge is 0.292 e. The molecule has 0 unspecified atom stereocenters. The maximum atomic E-state index is 12.6. The van der Waals surface area contributed by atoms with Crippen molar-refractivity contribution in [3.8, 4) is 0 Å². The van der Waals surface area contributed by atoms with Crippen LogP contribution in [0.2, 0.25) is 0 Å². The highest BCUT2D eigenvalue weighted by Crippen LogP contribution is 2.36. The quantitative estimate of drug-likeness (QED) is 0.868. The zero-order valence-corrected chi connectivity index (χ0v) is 12.5. The van der Waals surface area contributed by atoms with E-state index >= 15 is 0 Å². The fourth-order valence-electron chi connectivity index (χ4n) is 3.02. The van der Waals surface area contributed by atoms with E-state index in [1.54, 1.807) is 13.0 Å². The summed E-state index contributed by atoms with van der Waals surface area (Å²) >= 11 is 0. The lowest BCUT2D eigenvalue weighted by molar-refractivity contribution is 0.0692. The average Bonchev–Trinajstić information content (AvgIpc) is 3.17. The van der Waals surface area contributed by atoms with Crippen LogP contribution in [0.3, 0.4) is 0 Å². The number of nitrogens with zero attached hydrogens (tertiary/aromatic N) is 3. The maximum absolute atomic E-state index is 12.6. The molecular weight excluding hydrogens is 270 g/mol. The number of carbonyl (C=O) groups is 1. The van der Waals surface area contributed by atoms with Gasteiger partial charge in [-0.25, -0.2) is 0 Å². The largest absolute Gasteiger partial charge is 0.361 e. The Hall–Kier alpha value is -2.11. The second-order valence-electron chi connectivity index (χ2n) is 5.45. The van der Waals surface area contributed by atoms with Gasteiger partial charge in [-0.3, -0.25) is 4.79 Å². The lowest BCUT2D eigenvalue weighted by Gasteiger charge is -2.23. The van der Waals surface area contributed by atoms with Crippen molar-refractivity contribution in [2.75, 3.05) is 6.54 Å². The molecule has 1 saturated heterocycles. The van der Waals surface area contributed by atoms with E-state index in [1.165, 1.54) is 0 Å². The molecule has 2 aromatic heterocycles. The van der Waals surface area contributed by atoms with Gasteiger partial charge in [-0.15, -0.1) is 0 Å². The molecule has 3 heterocycles. The maximum Gasteiger partial charge on any atom is 0.292 e. The number of aryl methyl sites for hydroxylation is 3. The van der Waals surface area contributed by atoms with Gasteiger partial charge in [0.25, 0.3) is 5.91 Å². The highest BCUT2D eigenvalue weighted by atomic mass is 16.5. The van der Waals surface area contributed by atoms with Crippen LogP contribution >= 0.6 is 0 Å². The second kappa shape index (κ2) is 5.35. The summed E-state index contributed by atoms with van der Waals surface area (Å²) in [5, 5.41) is 7.85. The number of carbonyl (C=O) groups excluding carboxylic acids is 1. The topological polar surface area (TPSA) is 72.4 Å². The van der Waals surface area contributed by atoms with Gasteiger partial charge in [0.15, 0.2) is 0 Å². The Labute approximate surface area is 123 Å². The summed E-state index contributed by atoms with van der Waals surface area (Å²) in [6, 6.07) is 1.70. The Morgan fingerprint density at radius 1 is 1.38 bits per heavy atom. The van der Waals surface area contributed by atoms with Gasteiger partial charge in [-0.1, -0.05) is 17.2 Å². The molecule has 1 fully saturated rings. The Bertz CT molecular complexity index is 659. The van der Waals surface area contributed by atoms with Crippen LogP contribution in [-0.4, -0.2) is 27.7 Å². The van der Waals surface area contributed by atoms with Crippen molar-refractivity contribution in [2.24, 2.45) is 0 Å². The molecule has 6 heteroatoms. The molecule has 0 radical (unpaired) electrons. The van der Waals surface area contributed by atoms with Gasteiger partial charge < -0.3 is 13.9 Å². The van der Waals surface area contributed by atoms with E-state index < -0.39 is 0 Å². The van der Waals surface area contributed by atoms with Crippen molar-refractivity contribution in [3.05, 3.63) is 34.5 Å². The fourth-order valence-corrected chi connectivity index (χ4v) is 3.02. The van der Waals surface area contributed by atoms with Crippen LogP contribution in [0.1, 0.15) is 59.1 Å². The predicted molar refractivity (Wildman–Crippen MR) is 74.9 cm³/mol. The van der Waals surface area contributed by atoms with Crippen molar-refractivity contribution in [1.82, 2.24) is 15.2 Å². The van der Waals surface area contributed by atoms with Crippen molar-refractivity contribution in [2.45, 2.75) is 46.1 Å². The highest BCUT2D eigenvalue weighted by molar-refractivity contribution is 5.92. The minimum atomic E-state index is -0.110. The van der Waals surface area contributed by atoms with Crippen LogP contribution in [0, 0.1) is 13.8 Å². The normalized spacial score (nSPS) is 18.4. The Morgan fingerprint density at radius 3 is 2.86 bits per heavy atom. The Morgan fingerprint density at radius 2 is 2.19 bits per heavy atom. The summed E-state index contributed by atoms with van der Waals surface area (Å²) in [7, 11) is 0. The zero-order chi connectivity index (χ0) is 15.0. The van der Waals surface area contributed by atoms with Gasteiger partial charge in [0, 0.05) is 24.6 Å². The zero-order valence-electron chi connectivity index (χ0n) is 12.5. The van der Waals surface area contributed by atoms with Crippen molar-refractivity contribution >= 4 is 5.91 Å². The van der Waals surface area contributed by atoms with E-state index in [9.17, 15) is 4.79 Å². The first-order chi connectivity index (χ1) is 10.1. The molecule has 0 spiro atoms. The first kappa shape index (κ1) is 13.9. The number of hydrogen-bond donors (Lipinski definition) is 0. The van der Waals surface area contributed by atoms with Crippen LogP contribution in [-0.2, 0) is 6.42 Å². The molecule has 0 N–H and O–H groups in total. The molecule has 1 aliphatic rings. The Balaban J connectivity index is 1.92. The molecular formula is C15H19N3O3. The summed E-state index contributed by atoms with van der Waals surface area (Å²) in [6.07, 6.45) is 2.67. The van der Waals surface area contributed by atoms with Gasteiger partial charge in [0.05, 0.1) is 17.4 Å². The van der Waals surface area contributed by atoms with Gasteiger partial charge >= 0.3 is 0 Å². The first-order valence-corrected chi connectivity index (χ1v) is 7.31. The number of hydrogen-bond acceptors (Lipinski definition) is 5. The summed E-state index contributed by atoms with van der Waals surface area (Å²) < 4.78 is 10.5. The third-order valence-corrected chi connectivity index (χ3v) is 3.99. The number of likely N-dealkylation sites (tertiary alicyclic amines) is 1. The van der Waals surface area contributed by atoms with Crippen LogP contribution in [0.25, 0.3) is 0 Å². The van der Waals surface area contributed by atoms with Crippen molar-refractivity contribution in [3.63, 3.8) is 0 Å². The summed E-state index contributed by atoms with van der Waals surface area (Å²) in [5.74, 6) is 1.05. The average molecular weight is 289 g/mol. The van der Waals surface area contributed by atoms with Crippen LogP contribution < -0.4 is 0 Å². The fraction of sp³-hybridized carbons (Fsp3) is 0.533. The van der Waals surface area contributed by atoms with Gasteiger partial charge in [-0.2, -0.15) is 0 Å². The second-order valence-corrected chi connectivity index (χ2v) is 5.45. The highest BCUT2D eigenvalue weighted by Gasteiger charge is 2.35. The van der Waals surface area contributed by atoms with E-state index in [2.05, 4.69) is 10.3 Å². The van der Waals surface area contributed by atoms with E-state index in [0.717, 1.165) is 42.8 Å². The van der Waals surface area contributed by atoms with Crippen molar-refractivity contribution in [1.29, 1.82) is 0 Å². The molecule has 2 aromatic rings. The van der Waals surface area contributed by atoms with Gasteiger partial charge in [0.2, 0.25) is 5.76 Å². The lowest BCUT2D eigenvalue weighted by atomic mass is 10.0. The molecule has 1 aliphatic heterocycles. The summed E-state index contributed by atoms with van der Waals surface area (Å²) in [6.45, 7) is 6.49. The van der Waals surface area contributed by atoms with Crippen LogP contribution in [0.4, 0.5) is 0 Å². The summed E-state index contributed by atoms with van der Waals surface area (Å²) in [4.78, 5) is 14.5. The Kier molecular flexibility index (Phi) is 3.53. The van der Waals surface area contributed by atoms with E-state index in [4.69, 9.17) is 9.05 Å². The molecule has 1 atom stereocenters. The van der Waals surface area contributed by atoms with Crippen molar-refractivity contribution < 1.29 is 13.8 Å². The molecule has 21 heavy (non-hydrogen) atoms. The number of rotatable bonds is 3. The minimum absolute atomic E-state index is 0.0177. The molecule has 6 nitrogen and oxygen atoms in total. The molecule has 112 valence electrons. The standard InChI is InChI=1S/C15H19N3O3/c1-4-12-14(10(3)17-20-12)11-6-5-7-18(11)15(19)13-8-9(2)16-21-13/h8,11H,4-7H2,1-3H3/t11-/m0/s1. The molecule has 0 bridgehead atoms. The SMILES string of the molecule is CCc1onc(C)c1[C@@H]1CCCN1C(=O)c1cc(C)no1. The van der Waals surface area contributed by atoms with Gasteiger partial charge in [0.1, 0.15) is 5.76 Å². The monoisotopic (exact) mass is 289 g/mol. The van der Waals surface area contributed by atoms with E-state index in [-0.39, 0.29) is 11.9 Å². The van der Waals surface area contributed by atoms with E-state index in [1.807, 2.05) is 18.7 Å². The van der Waals surface area contributed by atoms with Gasteiger partial charge in [-0.05, 0) is 26.7 Å². The number of aromatic nitrogens is 2. The molecule has 0 aliphatic carbocycles.